The number of carboxylic acids is 1. The molecule has 0 radical (unpaired) electrons. The number of allylic oxidation sites excluding steroid dienone is 3. The minimum atomic E-state index is -1.09. The van der Waals surface area contributed by atoms with Crippen LogP contribution in [0.2, 0.25) is 0 Å². The molecule has 0 bridgehead atoms. The lowest BCUT2D eigenvalue weighted by Crippen LogP contribution is -2.15. The predicted octanol–water partition coefficient (Wildman–Crippen LogP) is 7.01. The fraction of sp³-hybridized carbons (Fsp3) is 0.176. The van der Waals surface area contributed by atoms with E-state index in [0.29, 0.717) is 22.7 Å². The van der Waals surface area contributed by atoms with Gasteiger partial charge in [-0.3, -0.25) is 4.79 Å². The number of nitrogens with one attached hydrogen (secondary N) is 1. The number of carboxylic acid groups (broad SMARTS) is 1. The first kappa shape index (κ1) is 28.8. The summed E-state index contributed by atoms with van der Waals surface area (Å²) in [6.07, 6.45) is 6.12. The molecule has 0 fully saturated rings. The van der Waals surface area contributed by atoms with Crippen LogP contribution in [0.3, 0.4) is 0 Å². The number of nitrogens with zero attached hydrogens (tertiary/aromatic N) is 1. The van der Waals surface area contributed by atoms with Crippen molar-refractivity contribution in [2.45, 2.75) is 26.4 Å². The zero-order valence-electron chi connectivity index (χ0n) is 23.3. The van der Waals surface area contributed by atoms with Crippen LogP contribution in [-0.4, -0.2) is 39.7 Å². The van der Waals surface area contributed by atoms with Gasteiger partial charge in [-0.2, -0.15) is 10.5 Å². The van der Waals surface area contributed by atoms with Crippen LogP contribution in [0.5, 0.6) is 11.5 Å². The van der Waals surface area contributed by atoms with Crippen LogP contribution in [0.4, 0.5) is 5.69 Å². The highest BCUT2D eigenvalue weighted by atomic mass is 32.2. The van der Waals surface area contributed by atoms with Crippen LogP contribution >= 0.6 is 10.5 Å². The van der Waals surface area contributed by atoms with Gasteiger partial charge in [0, 0.05) is 10.9 Å². The maximum absolute atomic E-state index is 13.3. The van der Waals surface area contributed by atoms with Crippen molar-refractivity contribution in [3.63, 3.8) is 0 Å². The number of aliphatic carboxylic acids is 1. The molecule has 1 aliphatic rings. The number of amides is 1. The summed E-state index contributed by atoms with van der Waals surface area (Å²) < 4.78 is 11.4. The number of para-hydroxylation sites is 1. The molecule has 0 saturated carbocycles. The number of aromatic nitrogens is 1. The van der Waals surface area contributed by atoms with Gasteiger partial charge in [0.25, 0.3) is 5.91 Å². The van der Waals surface area contributed by atoms with Crippen LogP contribution < -0.4 is 14.8 Å². The molecule has 4 aromatic rings. The zero-order valence-corrected chi connectivity index (χ0v) is 24.1. The third-order valence-corrected chi connectivity index (χ3v) is 8.37. The van der Waals surface area contributed by atoms with Crippen molar-refractivity contribution in [1.82, 2.24) is 4.98 Å². The molecule has 3 aromatic carbocycles. The molecule has 1 amide bonds. The van der Waals surface area contributed by atoms with E-state index in [-0.39, 0.29) is 23.0 Å². The molecule has 7 nitrogen and oxygen atoms in total. The number of pyridine rings is 1. The number of anilines is 1. The fourth-order valence-corrected chi connectivity index (χ4v) is 6.05. The lowest BCUT2D eigenvalue weighted by atomic mass is 10.1. The van der Waals surface area contributed by atoms with Gasteiger partial charge < -0.3 is 19.9 Å². The maximum Gasteiger partial charge on any atom is 0.341 e. The van der Waals surface area contributed by atoms with Gasteiger partial charge in [0.2, 0.25) is 0 Å². The lowest BCUT2D eigenvalue weighted by Gasteiger charge is -2.14. The number of aryl methyl sites for hydroxylation is 1. The number of carbonyl (C=O) groups excluding carboxylic acids is 1. The summed E-state index contributed by atoms with van der Waals surface area (Å²) in [6, 6.07) is 24.2. The minimum absolute atomic E-state index is 0.128. The van der Waals surface area contributed by atoms with E-state index in [0.717, 1.165) is 40.8 Å². The third-order valence-electron chi connectivity index (χ3n) is 6.64. The largest absolute Gasteiger partial charge is 0.487 e. The summed E-state index contributed by atoms with van der Waals surface area (Å²) in [4.78, 5) is 29.0. The Morgan fingerprint density at radius 3 is 2.69 bits per heavy atom. The highest BCUT2D eigenvalue weighted by Crippen LogP contribution is 2.29. The number of ether oxygens (including phenoxy) is 2. The van der Waals surface area contributed by atoms with Gasteiger partial charge in [-0.1, -0.05) is 54.1 Å². The fourth-order valence-electron chi connectivity index (χ4n) is 4.43. The van der Waals surface area contributed by atoms with E-state index in [2.05, 4.69) is 40.2 Å². The van der Waals surface area contributed by atoms with E-state index in [1.807, 2.05) is 48.5 Å². The van der Waals surface area contributed by atoms with E-state index in [1.165, 1.54) is 5.57 Å². The zero-order chi connectivity index (χ0) is 29.3. The summed E-state index contributed by atoms with van der Waals surface area (Å²) in [6.45, 7) is 1.84. The van der Waals surface area contributed by atoms with Crippen molar-refractivity contribution in [2.75, 3.05) is 17.7 Å². The molecule has 2 N–H and O–H groups in total. The Labute approximate surface area is 247 Å². The van der Waals surface area contributed by atoms with Crippen molar-refractivity contribution in [1.29, 1.82) is 0 Å². The van der Waals surface area contributed by atoms with Gasteiger partial charge >= 0.3 is 5.97 Å². The number of carbonyl (C=O) groups is 2. The molecule has 42 heavy (non-hydrogen) atoms. The number of benzene rings is 3. The van der Waals surface area contributed by atoms with Crippen LogP contribution in [0.15, 0.2) is 102 Å². The van der Waals surface area contributed by atoms with Crippen molar-refractivity contribution in [2.24, 2.45) is 0 Å². The van der Waals surface area contributed by atoms with Crippen molar-refractivity contribution in [3.8, 4) is 11.5 Å². The second kappa shape index (κ2) is 13.8. The molecule has 2 heterocycles. The topological polar surface area (TPSA) is 97.8 Å². The monoisotopic (exact) mass is 580 g/mol. The molecule has 1 aliphatic heterocycles. The van der Waals surface area contributed by atoms with Crippen LogP contribution in [0.1, 0.15) is 35.0 Å². The standard InChI is InChI=1S/C34H32N2O5S/c1-24-15-18-42(19-16-24)17-5-6-25-11-14-32(41-23-33(37)38)31(20-25)36-34(39)27-8-4-9-29(21-27)40-22-28-13-12-26-7-2-3-10-30(26)35-28/h2-4,7-16,18-21H,5-6,17,22-23H2,1H3,(H,36,39)(H,37,38). The lowest BCUT2D eigenvalue weighted by molar-refractivity contribution is -0.139. The minimum Gasteiger partial charge on any atom is -0.487 e. The van der Waals surface area contributed by atoms with E-state index in [1.54, 1.807) is 30.3 Å². The van der Waals surface area contributed by atoms with Gasteiger partial charge in [0.15, 0.2) is 6.61 Å². The first-order chi connectivity index (χ1) is 20.4. The van der Waals surface area contributed by atoms with Crippen LogP contribution in [0.25, 0.3) is 10.9 Å². The summed E-state index contributed by atoms with van der Waals surface area (Å²) in [5.74, 6) is 0.431. The molecule has 1 atom stereocenters. The smallest absolute Gasteiger partial charge is 0.341 e. The molecule has 0 saturated heterocycles. The molecule has 0 aliphatic carbocycles. The quantitative estimate of drug-likeness (QED) is 0.175. The Kier molecular flexibility index (Phi) is 9.46. The third kappa shape index (κ3) is 7.95. The number of hydrogen-bond donors (Lipinski definition) is 2. The summed E-state index contributed by atoms with van der Waals surface area (Å²) in [7, 11) is 0.128. The Morgan fingerprint density at radius 1 is 0.976 bits per heavy atom. The van der Waals surface area contributed by atoms with E-state index < -0.39 is 12.6 Å². The summed E-state index contributed by atoms with van der Waals surface area (Å²) >= 11 is 0. The maximum atomic E-state index is 13.3. The normalized spacial score (nSPS) is 14.1. The average Bonchev–Trinajstić information content (AvgIpc) is 3.00. The Bertz CT molecular complexity index is 1710. The second-order valence-electron chi connectivity index (χ2n) is 9.91. The molecule has 1 aromatic heterocycles. The van der Waals surface area contributed by atoms with Gasteiger partial charge in [-0.05, 0) is 84.3 Å². The molecular formula is C34H32N2O5S. The SMILES string of the molecule is CC1=CC=S(CCCc2ccc(OCC(=O)O)c(NC(=O)c3cccc(OCc4ccc5ccccc5n4)c3)c2)C=C1. The highest BCUT2D eigenvalue weighted by Gasteiger charge is 2.14. The van der Waals surface area contributed by atoms with Crippen LogP contribution in [-0.2, 0) is 17.8 Å². The van der Waals surface area contributed by atoms with Gasteiger partial charge in [-0.15, -0.1) is 0 Å². The molecule has 214 valence electrons. The van der Waals surface area contributed by atoms with Crippen molar-refractivity contribution < 1.29 is 24.2 Å². The van der Waals surface area contributed by atoms with E-state index in [9.17, 15) is 9.59 Å². The first-order valence-electron chi connectivity index (χ1n) is 13.7. The van der Waals surface area contributed by atoms with Gasteiger partial charge in [0.1, 0.15) is 18.1 Å². The average molecular weight is 581 g/mol. The van der Waals surface area contributed by atoms with E-state index >= 15 is 0 Å². The molecular weight excluding hydrogens is 548 g/mol. The van der Waals surface area contributed by atoms with Crippen LogP contribution in [0, 0.1) is 0 Å². The first-order valence-corrected chi connectivity index (χ1v) is 15.2. The summed E-state index contributed by atoms with van der Waals surface area (Å²) in [5, 5.41) is 17.6. The highest BCUT2D eigenvalue weighted by molar-refractivity contribution is 8.17. The number of rotatable bonds is 12. The predicted molar refractivity (Wildman–Crippen MR) is 170 cm³/mol. The molecule has 0 spiro atoms. The van der Waals surface area contributed by atoms with Gasteiger partial charge in [-0.25, -0.2) is 9.78 Å². The molecule has 8 heteroatoms. The van der Waals surface area contributed by atoms with Crippen molar-refractivity contribution >= 4 is 44.3 Å². The van der Waals surface area contributed by atoms with E-state index in [4.69, 9.17) is 14.6 Å². The summed E-state index contributed by atoms with van der Waals surface area (Å²) in [5.41, 5.74) is 4.80. The number of hydrogen-bond acceptors (Lipinski definition) is 5. The molecule has 5 rings (SSSR count). The second-order valence-corrected chi connectivity index (χ2v) is 11.8. The van der Waals surface area contributed by atoms with Crippen molar-refractivity contribution in [3.05, 3.63) is 119 Å². The molecule has 1 unspecified atom stereocenters. The Balaban J connectivity index is 1.25. The number of fused-ring (bicyclic) bond motifs is 1. The Morgan fingerprint density at radius 2 is 1.86 bits per heavy atom. The van der Waals surface area contributed by atoms with Gasteiger partial charge in [0.05, 0.1) is 16.9 Å². The Hall–Kier alpha value is -4.69.